The topological polar surface area (TPSA) is 3.24 Å². The van der Waals surface area contributed by atoms with E-state index in [9.17, 15) is 16.4 Å². The minimum atomic E-state index is -0.716. The van der Waals surface area contributed by atoms with E-state index in [1.165, 1.54) is 11.3 Å². The molecule has 0 amide bonds. The molecule has 10 aromatic rings. The third-order valence-corrected chi connectivity index (χ3v) is 10.5. The maximum atomic E-state index is 9.94. The van der Waals surface area contributed by atoms with Crippen molar-refractivity contribution in [3.63, 3.8) is 0 Å². The smallest absolute Gasteiger partial charge is 0.0651 e. The zero-order chi connectivity index (χ0) is 44.9. The second kappa shape index (κ2) is 12.7. The Morgan fingerprint density at radius 2 is 0.885 bits per heavy atom. The molecule has 0 aliphatic carbocycles. The fraction of sp³-hybridized carbons (Fsp3) is 0. The number of rotatable bonds is 6. The fourth-order valence-corrected chi connectivity index (χ4v) is 8.07. The number of nitrogens with zero attached hydrogens (tertiary/aromatic N) is 1. The lowest BCUT2D eigenvalue weighted by molar-refractivity contribution is 1.28. The Balaban J connectivity index is 1.32. The van der Waals surface area contributed by atoms with Gasteiger partial charge in [-0.25, -0.2) is 0 Å². The number of anilines is 3. The van der Waals surface area contributed by atoms with Crippen molar-refractivity contribution in [2.24, 2.45) is 0 Å². The highest BCUT2D eigenvalue weighted by atomic mass is 32.1. The molecule has 1 heterocycles. The first-order chi connectivity index (χ1) is 30.8. The average Bonchev–Trinajstić information content (AvgIpc) is 3.69. The Morgan fingerprint density at radius 1 is 0.385 bits per heavy atom. The number of thiophene rings is 1. The first kappa shape index (κ1) is 20.4. The highest BCUT2D eigenvalue weighted by Crippen LogP contribution is 2.43. The normalized spacial score (nSPS) is 14.7. The van der Waals surface area contributed by atoms with Gasteiger partial charge in [-0.1, -0.05) is 158 Å². The van der Waals surface area contributed by atoms with Crippen LogP contribution in [-0.4, -0.2) is 0 Å². The van der Waals surface area contributed by atoms with E-state index in [0.29, 0.717) is 32.2 Å². The zero-order valence-electron chi connectivity index (χ0n) is 39.5. The van der Waals surface area contributed by atoms with E-state index in [1.54, 1.807) is 48.5 Å². The van der Waals surface area contributed by atoms with E-state index in [-0.39, 0.29) is 16.7 Å². The summed E-state index contributed by atoms with van der Waals surface area (Å²) in [6.07, 6.45) is 0. The van der Waals surface area contributed by atoms with Gasteiger partial charge in [0.15, 0.2) is 0 Å². The van der Waals surface area contributed by atoms with Crippen LogP contribution in [0.25, 0.3) is 75.1 Å². The van der Waals surface area contributed by atoms with Crippen LogP contribution in [0.2, 0.25) is 0 Å². The molecule has 0 fully saturated rings. The van der Waals surface area contributed by atoms with Crippen LogP contribution in [0.4, 0.5) is 17.1 Å². The summed E-state index contributed by atoms with van der Waals surface area (Å²) in [5.41, 5.74) is -0.493. The van der Waals surface area contributed by atoms with Crippen molar-refractivity contribution in [3.05, 3.63) is 200 Å². The van der Waals surface area contributed by atoms with Crippen molar-refractivity contribution in [1.82, 2.24) is 0 Å². The lowest BCUT2D eigenvalue weighted by Crippen LogP contribution is -2.10. The Kier molecular flexibility index (Phi) is 4.98. The van der Waals surface area contributed by atoms with E-state index in [0.717, 1.165) is 31.1 Å². The number of fused-ring (bicyclic) bond motifs is 5. The van der Waals surface area contributed by atoms with Gasteiger partial charge in [-0.3, -0.25) is 0 Å². The molecule has 0 spiro atoms. The molecule has 1 aromatic heterocycles. The summed E-state index contributed by atoms with van der Waals surface area (Å²) in [7, 11) is 0. The summed E-state index contributed by atoms with van der Waals surface area (Å²) in [6, 6.07) is 31.6. The molecule has 52 heavy (non-hydrogen) atoms. The van der Waals surface area contributed by atoms with E-state index < -0.39 is 89.6 Å². The second-order valence-electron chi connectivity index (χ2n) is 12.3. The van der Waals surface area contributed by atoms with Gasteiger partial charge in [0.05, 0.1) is 16.4 Å². The monoisotopic (exact) mass is 691 g/mol. The lowest BCUT2D eigenvalue weighted by atomic mass is 9.97. The maximum Gasteiger partial charge on any atom is 0.0651 e. The largest absolute Gasteiger partial charge is 0.310 e. The molecule has 0 saturated carbocycles. The van der Waals surface area contributed by atoms with Crippen LogP contribution in [0.3, 0.4) is 0 Å². The molecule has 244 valence electrons. The minimum Gasteiger partial charge on any atom is -0.310 e. The van der Waals surface area contributed by atoms with Crippen LogP contribution in [0, 0.1) is 0 Å². The molecule has 0 unspecified atom stereocenters. The van der Waals surface area contributed by atoms with Gasteiger partial charge >= 0.3 is 0 Å². The van der Waals surface area contributed by atoms with Crippen LogP contribution in [0.15, 0.2) is 200 Å². The first-order valence-electron chi connectivity index (χ1n) is 22.8. The van der Waals surface area contributed by atoms with Gasteiger partial charge in [-0.15, -0.1) is 11.3 Å². The minimum absolute atomic E-state index is 0.0293. The first-order valence-corrected chi connectivity index (χ1v) is 17.6. The third kappa shape index (κ3) is 5.24. The number of benzene rings is 9. The predicted molar refractivity (Wildman–Crippen MR) is 225 cm³/mol. The quantitative estimate of drug-likeness (QED) is 0.168. The number of hydrogen-bond donors (Lipinski definition) is 0. The summed E-state index contributed by atoms with van der Waals surface area (Å²) in [6.45, 7) is 0. The van der Waals surface area contributed by atoms with E-state index in [1.807, 2.05) is 78.9 Å². The summed E-state index contributed by atoms with van der Waals surface area (Å²) >= 11 is 1.43. The van der Waals surface area contributed by atoms with Gasteiger partial charge in [0.25, 0.3) is 0 Å². The molecule has 0 bridgehead atoms. The van der Waals surface area contributed by atoms with Crippen molar-refractivity contribution in [2.45, 2.75) is 0 Å². The third-order valence-electron chi connectivity index (χ3n) is 9.30. The highest BCUT2D eigenvalue weighted by molar-refractivity contribution is 7.26. The standard InChI is InChI=1S/C50H33NS/c1-3-17-42-34(11-1)13-8-20-44(42)36-25-29-39(30-26-36)51(40-31-27-37(28-32-40)45-21-9-14-35-12-2-4-18-43(35)45)41-16-7-15-38(33-41)46-22-10-23-48-47-19-5-6-24-49(47)52-50(46)48/h1-33H/i7D,15D,16D,25D,26D,27D,28D,29D,30D,31D,32D,33D. The van der Waals surface area contributed by atoms with Crippen molar-refractivity contribution in [3.8, 4) is 33.4 Å². The van der Waals surface area contributed by atoms with Crippen molar-refractivity contribution in [2.75, 3.05) is 4.90 Å². The molecular formula is C50H33NS. The second-order valence-corrected chi connectivity index (χ2v) is 13.4. The molecular weight excluding hydrogens is 647 g/mol. The molecule has 0 saturated heterocycles. The van der Waals surface area contributed by atoms with Gasteiger partial charge in [-0.05, 0) is 97.2 Å². The van der Waals surface area contributed by atoms with Crippen LogP contribution >= 0.6 is 11.3 Å². The number of hydrogen-bond acceptors (Lipinski definition) is 2. The molecule has 0 atom stereocenters. The summed E-state index contributed by atoms with van der Waals surface area (Å²) in [4.78, 5) is 0.915. The lowest BCUT2D eigenvalue weighted by Gasteiger charge is -2.26. The molecule has 0 aliphatic rings. The molecule has 0 aliphatic heterocycles. The summed E-state index contributed by atoms with van der Waals surface area (Å²) < 4.78 is 116. The Morgan fingerprint density at radius 3 is 1.52 bits per heavy atom. The molecule has 10 rings (SSSR count). The SMILES string of the molecule is [2H]c1c([2H])c(-c2cccc3c2sc2ccccc23)c([2H])c(N(c2c([2H])c([2H])c(-c3cccc4ccccc34)c([2H])c2[2H])c2c([2H])c([2H])c(-c3cccc4ccccc34)c([2H])c2[2H])c1[2H]. The molecule has 0 N–H and O–H groups in total. The fourth-order valence-electron chi connectivity index (χ4n) is 6.85. The van der Waals surface area contributed by atoms with Crippen molar-refractivity contribution >= 4 is 70.1 Å². The van der Waals surface area contributed by atoms with Gasteiger partial charge in [0.1, 0.15) is 0 Å². The zero-order valence-corrected chi connectivity index (χ0v) is 28.3. The van der Waals surface area contributed by atoms with Crippen LogP contribution in [-0.2, 0) is 0 Å². The summed E-state index contributed by atoms with van der Waals surface area (Å²) in [5.74, 6) is 0. The van der Waals surface area contributed by atoms with Crippen molar-refractivity contribution in [1.29, 1.82) is 0 Å². The van der Waals surface area contributed by atoms with Crippen LogP contribution < -0.4 is 4.90 Å². The average molecular weight is 692 g/mol. The van der Waals surface area contributed by atoms with Crippen LogP contribution in [0.5, 0.6) is 0 Å². The van der Waals surface area contributed by atoms with E-state index in [2.05, 4.69) is 0 Å². The maximum absolute atomic E-state index is 9.94. The molecule has 9 aromatic carbocycles. The molecule has 2 heteroatoms. The van der Waals surface area contributed by atoms with Crippen molar-refractivity contribution < 1.29 is 16.4 Å². The Labute approximate surface area is 324 Å². The Bertz CT molecular complexity index is 3410. The Hall–Kier alpha value is -6.48. The molecule has 0 radical (unpaired) electrons. The van der Waals surface area contributed by atoms with Crippen LogP contribution in [0.1, 0.15) is 16.4 Å². The van der Waals surface area contributed by atoms with E-state index in [4.69, 9.17) is 0 Å². The highest BCUT2D eigenvalue weighted by Gasteiger charge is 2.17. The van der Waals surface area contributed by atoms with E-state index >= 15 is 0 Å². The van der Waals surface area contributed by atoms with Gasteiger partial charge in [0.2, 0.25) is 0 Å². The van der Waals surface area contributed by atoms with Gasteiger partial charge < -0.3 is 4.90 Å². The summed E-state index contributed by atoms with van der Waals surface area (Å²) in [5, 5.41) is 4.72. The van der Waals surface area contributed by atoms with Gasteiger partial charge in [-0.2, -0.15) is 0 Å². The molecule has 1 nitrogen and oxygen atoms in total. The predicted octanol–water partition coefficient (Wildman–Crippen LogP) is 14.8. The van der Waals surface area contributed by atoms with Gasteiger partial charge in [0, 0.05) is 37.2 Å².